The van der Waals surface area contributed by atoms with E-state index in [1.54, 1.807) is 0 Å². The molecule has 3 atom stereocenters. The Bertz CT molecular complexity index is 287. The summed E-state index contributed by atoms with van der Waals surface area (Å²) in [5.41, 5.74) is 0. The molecule has 98 valence electrons. The number of rotatable bonds is 6. The van der Waals surface area contributed by atoms with Gasteiger partial charge < -0.3 is 20.8 Å². The van der Waals surface area contributed by atoms with E-state index in [0.717, 1.165) is 0 Å². The summed E-state index contributed by atoms with van der Waals surface area (Å²) < 4.78 is 0. The number of hydrogen-bond acceptors (Lipinski definition) is 5. The highest BCUT2D eigenvalue weighted by Gasteiger charge is 2.30. The number of hydrogen-bond donors (Lipinski definition) is 4. The molecule has 0 saturated carbocycles. The zero-order valence-corrected chi connectivity index (χ0v) is 10.5. The predicted molar refractivity (Wildman–Crippen MR) is 65.0 cm³/mol. The maximum Gasteiger partial charge on any atom is 0.326 e. The van der Waals surface area contributed by atoms with Gasteiger partial charge in [-0.3, -0.25) is 4.79 Å². The first-order valence-corrected chi connectivity index (χ1v) is 6.87. The van der Waals surface area contributed by atoms with Gasteiger partial charge >= 0.3 is 5.97 Å². The highest BCUT2D eigenvalue weighted by atomic mass is 32.2. The molecule has 0 spiro atoms. The number of carboxylic acids is 1. The van der Waals surface area contributed by atoms with Gasteiger partial charge in [0.2, 0.25) is 5.91 Å². The predicted octanol–water partition coefficient (Wildman–Crippen LogP) is -0.968. The molecule has 1 amide bonds. The van der Waals surface area contributed by atoms with E-state index in [1.165, 1.54) is 11.8 Å². The minimum Gasteiger partial charge on any atom is -0.480 e. The molecule has 2 unspecified atom stereocenters. The number of carbonyl (C=O) groups excluding carboxylic acids is 1. The summed E-state index contributed by atoms with van der Waals surface area (Å²) in [5.74, 6) is -0.696. The van der Waals surface area contributed by atoms with Crippen molar-refractivity contribution in [2.75, 3.05) is 18.6 Å². The maximum atomic E-state index is 11.7. The summed E-state index contributed by atoms with van der Waals surface area (Å²) in [6.07, 6.45) is 2.09. The minimum absolute atomic E-state index is 0.334. The Morgan fingerprint density at radius 1 is 1.59 bits per heavy atom. The molecule has 0 bridgehead atoms. The fourth-order valence-electron chi connectivity index (χ4n) is 1.68. The number of amides is 1. The van der Waals surface area contributed by atoms with Gasteiger partial charge in [0.1, 0.15) is 6.04 Å². The minimum atomic E-state index is -1.02. The van der Waals surface area contributed by atoms with Crippen molar-refractivity contribution in [1.29, 1.82) is 0 Å². The fourth-order valence-corrected chi connectivity index (χ4v) is 2.15. The number of β-amino-alcohol motifs (C(OH)–C–C–N with tert-alkyl or cyclic N) is 1. The lowest BCUT2D eigenvalue weighted by Crippen LogP contribution is -2.48. The Labute approximate surface area is 104 Å². The van der Waals surface area contributed by atoms with Crippen LogP contribution in [0.3, 0.4) is 0 Å². The Kier molecular flexibility index (Phi) is 5.73. The van der Waals surface area contributed by atoms with Crippen molar-refractivity contribution in [3.05, 3.63) is 0 Å². The van der Waals surface area contributed by atoms with E-state index in [2.05, 4.69) is 10.6 Å². The van der Waals surface area contributed by atoms with Crippen LogP contribution in [0.2, 0.25) is 0 Å². The number of aliphatic hydroxyl groups is 1. The number of aliphatic hydroxyl groups excluding tert-OH is 1. The lowest BCUT2D eigenvalue weighted by atomic mass is 10.1. The molecule has 7 heteroatoms. The van der Waals surface area contributed by atoms with E-state index >= 15 is 0 Å². The molecule has 17 heavy (non-hydrogen) atoms. The first-order valence-electron chi connectivity index (χ1n) is 5.48. The van der Waals surface area contributed by atoms with E-state index in [0.29, 0.717) is 25.1 Å². The average molecular weight is 262 g/mol. The SMILES string of the molecule is CSCC[C@H](NC(=O)C1CC(O)CN1)C(=O)O. The van der Waals surface area contributed by atoms with Crippen LogP contribution < -0.4 is 10.6 Å². The molecule has 0 aromatic heterocycles. The number of nitrogens with one attached hydrogen (secondary N) is 2. The fraction of sp³-hybridized carbons (Fsp3) is 0.800. The monoisotopic (exact) mass is 262 g/mol. The van der Waals surface area contributed by atoms with Crippen LogP contribution >= 0.6 is 11.8 Å². The second-order valence-corrected chi connectivity index (χ2v) is 5.02. The standard InChI is InChI=1S/C10H18N2O4S/c1-17-3-2-7(10(15)16)12-9(14)8-4-6(13)5-11-8/h6-8,11,13H,2-5H2,1H3,(H,12,14)(H,15,16)/t6?,7-,8?/m0/s1. The van der Waals surface area contributed by atoms with Crippen LogP contribution in [0.5, 0.6) is 0 Å². The first-order chi connectivity index (χ1) is 8.04. The van der Waals surface area contributed by atoms with Crippen LogP contribution in [0.15, 0.2) is 0 Å². The van der Waals surface area contributed by atoms with Gasteiger partial charge in [0, 0.05) is 6.54 Å². The largest absolute Gasteiger partial charge is 0.480 e. The molecular formula is C10H18N2O4S. The molecular weight excluding hydrogens is 244 g/mol. The molecule has 6 nitrogen and oxygen atoms in total. The van der Waals surface area contributed by atoms with Crippen molar-refractivity contribution in [1.82, 2.24) is 10.6 Å². The van der Waals surface area contributed by atoms with E-state index in [-0.39, 0.29) is 5.91 Å². The zero-order valence-electron chi connectivity index (χ0n) is 9.68. The third-order valence-electron chi connectivity index (χ3n) is 2.65. The highest BCUT2D eigenvalue weighted by Crippen LogP contribution is 2.07. The lowest BCUT2D eigenvalue weighted by Gasteiger charge is -2.17. The molecule has 0 aromatic rings. The Balaban J connectivity index is 2.43. The maximum absolute atomic E-state index is 11.7. The van der Waals surface area contributed by atoms with E-state index in [1.807, 2.05) is 6.26 Å². The van der Waals surface area contributed by atoms with Crippen molar-refractivity contribution < 1.29 is 19.8 Å². The summed E-state index contributed by atoms with van der Waals surface area (Å²) in [7, 11) is 0. The quantitative estimate of drug-likeness (QED) is 0.492. The van der Waals surface area contributed by atoms with E-state index < -0.39 is 24.2 Å². The van der Waals surface area contributed by atoms with Gasteiger partial charge in [0.05, 0.1) is 12.1 Å². The number of carboxylic acid groups (broad SMARTS) is 1. The third-order valence-corrected chi connectivity index (χ3v) is 3.29. The van der Waals surface area contributed by atoms with Crippen LogP contribution in [0, 0.1) is 0 Å². The van der Waals surface area contributed by atoms with Gasteiger partial charge in [0.25, 0.3) is 0 Å². The van der Waals surface area contributed by atoms with Crippen molar-refractivity contribution in [2.45, 2.75) is 31.0 Å². The third kappa shape index (κ3) is 4.53. The number of aliphatic carboxylic acids is 1. The van der Waals surface area contributed by atoms with Gasteiger partial charge in [-0.05, 0) is 24.9 Å². The van der Waals surface area contributed by atoms with E-state index in [4.69, 9.17) is 5.11 Å². The topological polar surface area (TPSA) is 98.7 Å². The molecule has 1 rings (SSSR count). The van der Waals surface area contributed by atoms with Crippen LogP contribution in [0.1, 0.15) is 12.8 Å². The first kappa shape index (κ1) is 14.3. The zero-order chi connectivity index (χ0) is 12.8. The van der Waals surface area contributed by atoms with Crippen molar-refractivity contribution in [2.24, 2.45) is 0 Å². The van der Waals surface area contributed by atoms with Crippen LogP contribution in [0.4, 0.5) is 0 Å². The normalized spacial score (nSPS) is 25.5. The van der Waals surface area contributed by atoms with Crippen LogP contribution in [-0.4, -0.2) is 58.8 Å². The molecule has 1 fully saturated rings. The molecule has 0 radical (unpaired) electrons. The smallest absolute Gasteiger partial charge is 0.326 e. The Morgan fingerprint density at radius 3 is 2.76 bits per heavy atom. The summed E-state index contributed by atoms with van der Waals surface area (Å²) >= 11 is 1.54. The summed E-state index contributed by atoms with van der Waals surface area (Å²) in [6.45, 7) is 0.376. The number of carbonyl (C=O) groups is 2. The van der Waals surface area contributed by atoms with Crippen LogP contribution in [0.25, 0.3) is 0 Å². The van der Waals surface area contributed by atoms with Gasteiger partial charge in [0.15, 0.2) is 0 Å². The van der Waals surface area contributed by atoms with Crippen molar-refractivity contribution in [3.63, 3.8) is 0 Å². The number of thioether (sulfide) groups is 1. The van der Waals surface area contributed by atoms with Gasteiger partial charge in [-0.2, -0.15) is 11.8 Å². The van der Waals surface area contributed by atoms with Gasteiger partial charge in [-0.1, -0.05) is 0 Å². The van der Waals surface area contributed by atoms with Gasteiger partial charge in [-0.15, -0.1) is 0 Å². The Hall–Kier alpha value is -0.790. The lowest BCUT2D eigenvalue weighted by molar-refractivity contribution is -0.142. The summed E-state index contributed by atoms with van der Waals surface area (Å²) in [6, 6.07) is -1.34. The molecule has 1 heterocycles. The van der Waals surface area contributed by atoms with E-state index in [9.17, 15) is 14.7 Å². The average Bonchev–Trinajstić information content (AvgIpc) is 2.70. The van der Waals surface area contributed by atoms with Crippen molar-refractivity contribution >= 4 is 23.6 Å². The molecule has 1 aliphatic heterocycles. The molecule has 4 N–H and O–H groups in total. The second kappa shape index (κ2) is 6.83. The summed E-state index contributed by atoms with van der Waals surface area (Å²) in [5, 5.41) is 23.6. The molecule has 0 aromatic carbocycles. The summed E-state index contributed by atoms with van der Waals surface area (Å²) in [4.78, 5) is 22.6. The van der Waals surface area contributed by atoms with Crippen molar-refractivity contribution in [3.8, 4) is 0 Å². The molecule has 1 saturated heterocycles. The van der Waals surface area contributed by atoms with Gasteiger partial charge in [-0.25, -0.2) is 4.79 Å². The molecule has 1 aliphatic rings. The second-order valence-electron chi connectivity index (χ2n) is 4.03. The highest BCUT2D eigenvalue weighted by molar-refractivity contribution is 7.98. The Morgan fingerprint density at radius 2 is 2.29 bits per heavy atom. The molecule has 0 aliphatic carbocycles. The van der Waals surface area contributed by atoms with Crippen LogP contribution in [-0.2, 0) is 9.59 Å².